The second-order valence-corrected chi connectivity index (χ2v) is 6.56. The molecule has 0 aliphatic carbocycles. The fraction of sp³-hybridized carbons (Fsp3) is 0.286. The predicted octanol–water partition coefficient (Wildman–Crippen LogP) is 4.29. The maximum absolute atomic E-state index is 12.3. The van der Waals surface area contributed by atoms with E-state index in [9.17, 15) is 18.0 Å². The van der Waals surface area contributed by atoms with Crippen LogP contribution in [-0.4, -0.2) is 22.8 Å². The first-order valence-electron chi connectivity index (χ1n) is 6.33. The molecule has 0 radical (unpaired) electrons. The zero-order chi connectivity index (χ0) is 16.2. The molecule has 1 amide bonds. The number of aromatic nitrogens is 1. The molecule has 0 aliphatic heterocycles. The maximum Gasteiger partial charge on any atom is 0.398 e. The summed E-state index contributed by atoms with van der Waals surface area (Å²) in [6.07, 6.45) is -4.15. The Morgan fingerprint density at radius 1 is 1.36 bits per heavy atom. The molecule has 2 rings (SSSR count). The van der Waals surface area contributed by atoms with Crippen molar-refractivity contribution in [2.45, 2.75) is 24.4 Å². The second-order valence-electron chi connectivity index (χ2n) is 4.48. The SMILES string of the molecule is Cc1nc(CC(=O)Nc2ccccc2SCC(F)(F)F)cs1. The first-order valence-corrected chi connectivity index (χ1v) is 8.19. The van der Waals surface area contributed by atoms with Crippen LogP contribution in [0.1, 0.15) is 10.7 Å². The summed E-state index contributed by atoms with van der Waals surface area (Å²) in [7, 11) is 0. The summed E-state index contributed by atoms with van der Waals surface area (Å²) < 4.78 is 36.9. The van der Waals surface area contributed by atoms with Gasteiger partial charge < -0.3 is 5.32 Å². The average molecular weight is 346 g/mol. The van der Waals surface area contributed by atoms with Crippen LogP contribution in [0.15, 0.2) is 34.5 Å². The van der Waals surface area contributed by atoms with E-state index in [1.165, 1.54) is 11.3 Å². The highest BCUT2D eigenvalue weighted by Crippen LogP contribution is 2.32. The molecule has 1 aromatic heterocycles. The van der Waals surface area contributed by atoms with Gasteiger partial charge in [0, 0.05) is 10.3 Å². The monoisotopic (exact) mass is 346 g/mol. The molecule has 2 aromatic rings. The highest BCUT2D eigenvalue weighted by atomic mass is 32.2. The molecule has 1 aromatic carbocycles. The Morgan fingerprint density at radius 2 is 2.09 bits per heavy atom. The summed E-state index contributed by atoms with van der Waals surface area (Å²) in [5.74, 6) is -1.30. The molecular weight excluding hydrogens is 333 g/mol. The minimum absolute atomic E-state index is 0.0998. The number of para-hydroxylation sites is 1. The summed E-state index contributed by atoms with van der Waals surface area (Å²) in [6.45, 7) is 1.84. The standard InChI is InChI=1S/C14H13F3N2OS2/c1-9-18-10(7-21-9)6-13(20)19-11-4-2-3-5-12(11)22-8-14(15,16)17/h2-5,7H,6,8H2,1H3,(H,19,20). The highest BCUT2D eigenvalue weighted by Gasteiger charge is 2.27. The molecule has 0 bridgehead atoms. The van der Waals surface area contributed by atoms with Gasteiger partial charge in [-0.1, -0.05) is 12.1 Å². The lowest BCUT2D eigenvalue weighted by molar-refractivity contribution is -0.115. The van der Waals surface area contributed by atoms with E-state index in [1.807, 2.05) is 6.92 Å². The number of hydrogen-bond acceptors (Lipinski definition) is 4. The van der Waals surface area contributed by atoms with Gasteiger partial charge in [0.05, 0.1) is 28.6 Å². The number of hydrogen-bond donors (Lipinski definition) is 1. The van der Waals surface area contributed by atoms with E-state index >= 15 is 0 Å². The third-order valence-corrected chi connectivity index (χ3v) is 4.52. The van der Waals surface area contributed by atoms with Crippen molar-refractivity contribution < 1.29 is 18.0 Å². The van der Waals surface area contributed by atoms with Crippen LogP contribution in [0.5, 0.6) is 0 Å². The second kappa shape index (κ2) is 7.15. The normalized spacial score (nSPS) is 11.5. The van der Waals surface area contributed by atoms with Gasteiger partial charge in [-0.3, -0.25) is 4.79 Å². The van der Waals surface area contributed by atoms with Crippen LogP contribution in [-0.2, 0) is 11.2 Å². The first-order chi connectivity index (χ1) is 10.3. The lowest BCUT2D eigenvalue weighted by Gasteiger charge is -2.11. The number of thiazole rings is 1. The van der Waals surface area contributed by atoms with Gasteiger partial charge in [-0.25, -0.2) is 4.98 Å². The molecule has 118 valence electrons. The predicted molar refractivity (Wildman–Crippen MR) is 82.4 cm³/mol. The van der Waals surface area contributed by atoms with Crippen LogP contribution < -0.4 is 5.32 Å². The third-order valence-electron chi connectivity index (χ3n) is 2.56. The summed E-state index contributed by atoms with van der Waals surface area (Å²) in [5.41, 5.74) is 1.04. The van der Waals surface area contributed by atoms with Crippen molar-refractivity contribution in [3.63, 3.8) is 0 Å². The number of nitrogens with one attached hydrogen (secondary N) is 1. The quantitative estimate of drug-likeness (QED) is 0.822. The molecule has 3 nitrogen and oxygen atoms in total. The van der Waals surface area contributed by atoms with Crippen LogP contribution >= 0.6 is 23.1 Å². The van der Waals surface area contributed by atoms with Crippen LogP contribution in [0.3, 0.4) is 0 Å². The molecule has 0 unspecified atom stereocenters. The zero-order valence-electron chi connectivity index (χ0n) is 11.6. The summed E-state index contributed by atoms with van der Waals surface area (Å²) in [6, 6.07) is 6.44. The third kappa shape index (κ3) is 5.34. The van der Waals surface area contributed by atoms with Gasteiger partial charge in [0.2, 0.25) is 5.91 Å². The average Bonchev–Trinajstić information content (AvgIpc) is 2.82. The van der Waals surface area contributed by atoms with Crippen molar-refractivity contribution in [3.05, 3.63) is 40.3 Å². The van der Waals surface area contributed by atoms with Crippen LogP contribution in [0, 0.1) is 6.92 Å². The van der Waals surface area contributed by atoms with Crippen molar-refractivity contribution >= 4 is 34.7 Å². The van der Waals surface area contributed by atoms with Crippen LogP contribution in [0.4, 0.5) is 18.9 Å². The van der Waals surface area contributed by atoms with Gasteiger partial charge in [0.15, 0.2) is 0 Å². The molecule has 0 atom stereocenters. The highest BCUT2D eigenvalue weighted by molar-refractivity contribution is 7.99. The fourth-order valence-electron chi connectivity index (χ4n) is 1.70. The lowest BCUT2D eigenvalue weighted by Crippen LogP contribution is -2.16. The molecule has 0 fully saturated rings. The Balaban J connectivity index is 2.01. The van der Waals surface area contributed by atoms with Gasteiger partial charge in [-0.2, -0.15) is 13.2 Å². The van der Waals surface area contributed by atoms with Crippen molar-refractivity contribution in [1.29, 1.82) is 0 Å². The van der Waals surface area contributed by atoms with Crippen molar-refractivity contribution in [2.24, 2.45) is 0 Å². The minimum atomic E-state index is -4.25. The largest absolute Gasteiger partial charge is 0.398 e. The number of alkyl halides is 3. The summed E-state index contributed by atoms with van der Waals surface area (Å²) in [5, 5.41) is 5.30. The van der Waals surface area contributed by atoms with E-state index in [2.05, 4.69) is 10.3 Å². The molecular formula is C14H13F3N2OS2. The summed E-state index contributed by atoms with van der Waals surface area (Å²) in [4.78, 5) is 16.5. The van der Waals surface area contributed by atoms with Gasteiger partial charge in [0.25, 0.3) is 0 Å². The molecule has 0 spiro atoms. The number of anilines is 1. The molecule has 0 aliphatic rings. The minimum Gasteiger partial charge on any atom is -0.325 e. The van der Waals surface area contributed by atoms with Crippen molar-refractivity contribution in [1.82, 2.24) is 4.98 Å². The molecule has 0 saturated heterocycles. The zero-order valence-corrected chi connectivity index (χ0v) is 13.2. The summed E-state index contributed by atoms with van der Waals surface area (Å²) >= 11 is 2.10. The first kappa shape index (κ1) is 16.8. The van der Waals surface area contributed by atoms with Gasteiger partial charge in [0.1, 0.15) is 0 Å². The number of carbonyl (C=O) groups excluding carboxylic acids is 1. The number of thioether (sulfide) groups is 1. The fourth-order valence-corrected chi connectivity index (χ4v) is 3.08. The molecule has 8 heteroatoms. The van der Waals surface area contributed by atoms with E-state index in [-0.39, 0.29) is 12.3 Å². The molecule has 1 heterocycles. The number of carbonyl (C=O) groups is 1. The molecule has 1 N–H and O–H groups in total. The van der Waals surface area contributed by atoms with E-state index in [4.69, 9.17) is 0 Å². The van der Waals surface area contributed by atoms with E-state index in [1.54, 1.807) is 29.6 Å². The smallest absolute Gasteiger partial charge is 0.325 e. The van der Waals surface area contributed by atoms with Crippen molar-refractivity contribution in [3.8, 4) is 0 Å². The Morgan fingerprint density at radius 3 is 2.73 bits per heavy atom. The van der Waals surface area contributed by atoms with E-state index in [0.29, 0.717) is 28.0 Å². The van der Waals surface area contributed by atoms with Gasteiger partial charge in [-0.05, 0) is 19.1 Å². The number of nitrogens with zero attached hydrogens (tertiary/aromatic N) is 1. The van der Waals surface area contributed by atoms with Crippen molar-refractivity contribution in [2.75, 3.05) is 11.1 Å². The number of amides is 1. The van der Waals surface area contributed by atoms with E-state index in [0.717, 1.165) is 5.01 Å². The molecule has 0 saturated carbocycles. The van der Waals surface area contributed by atoms with E-state index < -0.39 is 11.9 Å². The van der Waals surface area contributed by atoms with Crippen LogP contribution in [0.2, 0.25) is 0 Å². The Hall–Kier alpha value is -1.54. The number of aryl methyl sites for hydroxylation is 1. The number of halogens is 3. The lowest BCUT2D eigenvalue weighted by atomic mass is 10.3. The Labute approximate surface area is 134 Å². The Kier molecular flexibility index (Phi) is 5.47. The number of benzene rings is 1. The Bertz CT molecular complexity index is 656. The topological polar surface area (TPSA) is 42.0 Å². The maximum atomic E-state index is 12.3. The van der Waals surface area contributed by atoms with Gasteiger partial charge >= 0.3 is 6.18 Å². The number of rotatable bonds is 5. The van der Waals surface area contributed by atoms with Gasteiger partial charge in [-0.15, -0.1) is 23.1 Å². The molecule has 22 heavy (non-hydrogen) atoms. The van der Waals surface area contributed by atoms with Crippen LogP contribution in [0.25, 0.3) is 0 Å².